The maximum absolute atomic E-state index is 14.0. The quantitative estimate of drug-likeness (QED) is 0.355. The van der Waals surface area contributed by atoms with Crippen LogP contribution in [0.2, 0.25) is 0 Å². The summed E-state index contributed by atoms with van der Waals surface area (Å²) in [5, 5.41) is 3.42. The van der Waals surface area contributed by atoms with Crippen molar-refractivity contribution in [3.63, 3.8) is 0 Å². The van der Waals surface area contributed by atoms with Crippen LogP contribution in [0.25, 0.3) is 0 Å². The Morgan fingerprint density at radius 3 is 3.03 bits per heavy atom. The van der Waals surface area contributed by atoms with Crippen molar-refractivity contribution in [1.82, 2.24) is 19.8 Å². The van der Waals surface area contributed by atoms with E-state index in [4.69, 9.17) is 14.5 Å². The van der Waals surface area contributed by atoms with Gasteiger partial charge in [0.05, 0.1) is 19.0 Å². The van der Waals surface area contributed by atoms with E-state index < -0.39 is 0 Å². The molecule has 0 spiro atoms. The summed E-state index contributed by atoms with van der Waals surface area (Å²) >= 11 is 0. The van der Waals surface area contributed by atoms with E-state index in [-0.39, 0.29) is 36.6 Å². The van der Waals surface area contributed by atoms with Crippen molar-refractivity contribution in [2.75, 3.05) is 33.0 Å². The van der Waals surface area contributed by atoms with Crippen LogP contribution >= 0.6 is 24.0 Å². The molecule has 1 aromatic heterocycles. The summed E-state index contributed by atoms with van der Waals surface area (Å²) in [5.41, 5.74) is 1.61. The van der Waals surface area contributed by atoms with Crippen LogP contribution < -0.4 is 10.1 Å². The highest BCUT2D eigenvalue weighted by atomic mass is 127. The topological polar surface area (TPSA) is 63.9 Å². The molecular formula is C22H31FIN5O2. The Kier molecular flexibility index (Phi) is 8.53. The Hall–Kier alpha value is -1.88. The van der Waals surface area contributed by atoms with E-state index in [0.717, 1.165) is 48.9 Å². The van der Waals surface area contributed by atoms with Gasteiger partial charge in [0, 0.05) is 44.1 Å². The molecule has 1 fully saturated rings. The third-order valence-electron chi connectivity index (χ3n) is 5.86. The number of hydrogen-bond donors (Lipinski definition) is 1. The van der Waals surface area contributed by atoms with Crippen LogP contribution in [0.1, 0.15) is 37.4 Å². The fourth-order valence-corrected chi connectivity index (χ4v) is 4.25. The molecule has 0 amide bonds. The molecule has 2 aromatic rings. The second-order valence-electron chi connectivity index (χ2n) is 7.94. The van der Waals surface area contributed by atoms with E-state index in [1.54, 1.807) is 6.07 Å². The number of piperidine rings is 1. The average molecular weight is 543 g/mol. The summed E-state index contributed by atoms with van der Waals surface area (Å²) in [6.07, 6.45) is 7.47. The summed E-state index contributed by atoms with van der Waals surface area (Å²) in [6, 6.07) is 3.40. The van der Waals surface area contributed by atoms with Gasteiger partial charge in [-0.15, -0.1) is 24.0 Å². The predicted octanol–water partition coefficient (Wildman–Crippen LogP) is 3.60. The number of guanidine groups is 1. The van der Waals surface area contributed by atoms with Gasteiger partial charge < -0.3 is 24.3 Å². The summed E-state index contributed by atoms with van der Waals surface area (Å²) in [4.78, 5) is 11.4. The summed E-state index contributed by atoms with van der Waals surface area (Å²) in [6.45, 7) is 8.18. The number of aromatic nitrogens is 2. The van der Waals surface area contributed by atoms with Gasteiger partial charge in [-0.3, -0.25) is 4.99 Å². The molecule has 31 heavy (non-hydrogen) atoms. The molecule has 4 rings (SSSR count). The van der Waals surface area contributed by atoms with Gasteiger partial charge in [-0.1, -0.05) is 6.92 Å². The van der Waals surface area contributed by atoms with Crippen molar-refractivity contribution in [1.29, 1.82) is 0 Å². The second kappa shape index (κ2) is 11.1. The van der Waals surface area contributed by atoms with E-state index >= 15 is 0 Å². The molecule has 2 unspecified atom stereocenters. The van der Waals surface area contributed by atoms with Crippen LogP contribution in [0.5, 0.6) is 5.75 Å². The Bertz CT molecular complexity index is 877. The smallest absolute Gasteiger partial charge is 0.193 e. The molecule has 9 heteroatoms. The summed E-state index contributed by atoms with van der Waals surface area (Å²) in [7, 11) is 0. The Balaban J connectivity index is 0.00000272. The third-order valence-corrected chi connectivity index (χ3v) is 5.86. The summed E-state index contributed by atoms with van der Waals surface area (Å²) < 4.78 is 27.1. The van der Waals surface area contributed by atoms with Gasteiger partial charge in [0.1, 0.15) is 11.6 Å². The molecule has 2 aliphatic heterocycles. The lowest BCUT2D eigenvalue weighted by Gasteiger charge is -2.39. The molecule has 1 saturated heterocycles. The molecule has 1 N–H and O–H groups in total. The number of rotatable bonds is 5. The first kappa shape index (κ1) is 23.8. The Morgan fingerprint density at radius 1 is 1.39 bits per heavy atom. The highest BCUT2D eigenvalue weighted by molar-refractivity contribution is 14.0. The van der Waals surface area contributed by atoms with Crippen molar-refractivity contribution >= 4 is 29.9 Å². The molecule has 2 aliphatic rings. The van der Waals surface area contributed by atoms with Crippen molar-refractivity contribution in [2.24, 2.45) is 10.9 Å². The average Bonchev–Trinajstić information content (AvgIpc) is 3.28. The molecule has 0 radical (unpaired) electrons. The molecular weight excluding hydrogens is 512 g/mol. The third kappa shape index (κ3) is 5.68. The minimum atomic E-state index is -0.262. The maximum atomic E-state index is 14.0. The fraction of sp³-hybridized carbons (Fsp3) is 0.545. The molecule has 170 valence electrons. The first-order chi connectivity index (χ1) is 14.7. The number of hydrogen-bond acceptors (Lipinski definition) is 4. The number of imidazole rings is 1. The number of benzene rings is 1. The van der Waals surface area contributed by atoms with Crippen molar-refractivity contribution in [2.45, 2.75) is 39.3 Å². The van der Waals surface area contributed by atoms with E-state index in [9.17, 15) is 4.39 Å². The largest absolute Gasteiger partial charge is 0.467 e. The SMILES string of the molecule is CCNC(=NCCc1cc(F)cc2c1OCOC2)N1CCC(C)C(n2ccnc2)C1.I. The lowest BCUT2D eigenvalue weighted by Crippen LogP contribution is -2.49. The standard InChI is InChI=1S/C22H30FN5O2.HI/c1-3-25-22(27-8-5-16(2)20(12-27)28-9-7-24-14-28)26-6-4-17-10-19(23)11-18-13-29-15-30-21(17)18;/h7,9-11,14,16,20H,3-6,8,12-13,15H2,1-2H3,(H,25,26);1H. The molecule has 2 atom stereocenters. The van der Waals surface area contributed by atoms with Gasteiger partial charge in [-0.2, -0.15) is 0 Å². The second-order valence-corrected chi connectivity index (χ2v) is 7.94. The summed E-state index contributed by atoms with van der Waals surface area (Å²) in [5.74, 6) is 1.97. The van der Waals surface area contributed by atoms with E-state index in [0.29, 0.717) is 31.5 Å². The number of halogens is 2. The van der Waals surface area contributed by atoms with Gasteiger partial charge in [0.2, 0.25) is 0 Å². The lowest BCUT2D eigenvalue weighted by molar-refractivity contribution is -0.0172. The van der Waals surface area contributed by atoms with Gasteiger partial charge in [-0.05, 0) is 43.4 Å². The Morgan fingerprint density at radius 2 is 2.26 bits per heavy atom. The van der Waals surface area contributed by atoms with Crippen LogP contribution in [-0.2, 0) is 17.8 Å². The normalized spacial score (nSPS) is 21.1. The lowest BCUT2D eigenvalue weighted by atomic mass is 9.93. The zero-order valence-electron chi connectivity index (χ0n) is 18.1. The van der Waals surface area contributed by atoms with Gasteiger partial charge >= 0.3 is 0 Å². The molecule has 0 aliphatic carbocycles. The highest BCUT2D eigenvalue weighted by Crippen LogP contribution is 2.30. The van der Waals surface area contributed by atoms with E-state index in [1.165, 1.54) is 6.07 Å². The maximum Gasteiger partial charge on any atom is 0.193 e. The van der Waals surface area contributed by atoms with Gasteiger partial charge in [-0.25, -0.2) is 9.37 Å². The predicted molar refractivity (Wildman–Crippen MR) is 128 cm³/mol. The van der Waals surface area contributed by atoms with Crippen LogP contribution in [0.4, 0.5) is 4.39 Å². The van der Waals surface area contributed by atoms with Gasteiger partial charge in [0.25, 0.3) is 0 Å². The van der Waals surface area contributed by atoms with Crippen molar-refractivity contribution in [3.05, 3.63) is 47.8 Å². The van der Waals surface area contributed by atoms with Crippen molar-refractivity contribution < 1.29 is 13.9 Å². The fourth-order valence-electron chi connectivity index (χ4n) is 4.25. The zero-order chi connectivity index (χ0) is 20.9. The molecule has 7 nitrogen and oxygen atoms in total. The number of nitrogens with zero attached hydrogens (tertiary/aromatic N) is 4. The van der Waals surface area contributed by atoms with Crippen LogP contribution in [-0.4, -0.2) is 53.4 Å². The zero-order valence-corrected chi connectivity index (χ0v) is 20.4. The first-order valence-electron chi connectivity index (χ1n) is 10.7. The number of nitrogens with one attached hydrogen (secondary N) is 1. The minimum Gasteiger partial charge on any atom is -0.467 e. The van der Waals surface area contributed by atoms with Crippen LogP contribution in [0, 0.1) is 11.7 Å². The number of ether oxygens (including phenoxy) is 2. The molecule has 0 saturated carbocycles. The molecule has 0 bridgehead atoms. The molecule has 1 aromatic carbocycles. The monoisotopic (exact) mass is 543 g/mol. The number of fused-ring (bicyclic) bond motifs is 1. The molecule has 3 heterocycles. The van der Waals surface area contributed by atoms with Crippen LogP contribution in [0.15, 0.2) is 35.8 Å². The van der Waals surface area contributed by atoms with E-state index in [1.807, 2.05) is 18.7 Å². The highest BCUT2D eigenvalue weighted by Gasteiger charge is 2.29. The van der Waals surface area contributed by atoms with Gasteiger partial charge in [0.15, 0.2) is 12.8 Å². The number of aliphatic imine (C=N–C) groups is 1. The van der Waals surface area contributed by atoms with Crippen molar-refractivity contribution in [3.8, 4) is 5.75 Å². The van der Waals surface area contributed by atoms with Crippen LogP contribution in [0.3, 0.4) is 0 Å². The first-order valence-corrected chi connectivity index (χ1v) is 10.7. The number of likely N-dealkylation sites (tertiary alicyclic amines) is 1. The van der Waals surface area contributed by atoms with E-state index in [2.05, 4.69) is 33.6 Å². The minimum absolute atomic E-state index is 0. The Labute approximate surface area is 200 Å².